The summed E-state index contributed by atoms with van der Waals surface area (Å²) >= 11 is 5.88. The van der Waals surface area contributed by atoms with E-state index in [1.165, 1.54) is 0 Å². The Balaban J connectivity index is 1.79. The van der Waals surface area contributed by atoms with Crippen molar-refractivity contribution in [2.75, 3.05) is 0 Å². The zero-order chi connectivity index (χ0) is 26.5. The monoisotopic (exact) mass is 530 g/mol. The number of phenolic OH excluding ortho intramolecular Hbond substituents is 2. The van der Waals surface area contributed by atoms with Crippen LogP contribution in [-0.4, -0.2) is 80.7 Å². The summed E-state index contributed by atoms with van der Waals surface area (Å²) < 4.78 is 23.6. The Labute approximate surface area is 204 Å². The van der Waals surface area contributed by atoms with Crippen molar-refractivity contribution < 1.29 is 42.9 Å². The number of nitrogens with one attached hydrogen (secondary N) is 2. The van der Waals surface area contributed by atoms with Gasteiger partial charge in [0.15, 0.2) is 27.4 Å². The molecule has 0 radical (unpaired) electrons. The summed E-state index contributed by atoms with van der Waals surface area (Å²) in [7, 11) is -4.16. The maximum absolute atomic E-state index is 12.9. The fourth-order valence-electron chi connectivity index (χ4n) is 3.98. The van der Waals surface area contributed by atoms with Crippen molar-refractivity contribution in [1.29, 1.82) is 0 Å². The Morgan fingerprint density at radius 1 is 1.29 bits per heavy atom. The molecule has 2 heterocycles. The molecule has 0 bridgehead atoms. The van der Waals surface area contributed by atoms with Crippen LogP contribution in [0.1, 0.15) is 37.6 Å². The molecule has 15 heteroatoms. The summed E-state index contributed by atoms with van der Waals surface area (Å²) in [6, 6.07) is -0.732. The van der Waals surface area contributed by atoms with Crippen LogP contribution < -0.4 is 10.7 Å². The fraction of sp³-hybridized carbons (Fsp3) is 0.450. The number of hydrogen-bond acceptors (Lipinski definition) is 9. The molecule has 0 aliphatic carbocycles. The molecular weight excluding hydrogens is 508 g/mol. The van der Waals surface area contributed by atoms with Crippen molar-refractivity contribution in [3.8, 4) is 11.5 Å². The number of carbonyl (C=O) groups is 4. The SMILES string of the molecule is CC(C)C(NC(=O)c1ccc(O)c(O)c1Cl)C(=O)N/N=C/[C@@]1(C)[C@H](C(=O)O)N2C(=O)C[C@H]2S1(=O)=O. The maximum atomic E-state index is 12.9. The summed E-state index contributed by atoms with van der Waals surface area (Å²) in [4.78, 5) is 49.7. The predicted octanol–water partition coefficient (Wildman–Crippen LogP) is -0.194. The number of benzene rings is 1. The number of carboxylic acids is 1. The molecule has 5 N–H and O–H groups in total. The van der Waals surface area contributed by atoms with Crippen molar-refractivity contribution in [2.45, 2.75) is 49.4 Å². The van der Waals surface area contributed by atoms with Gasteiger partial charge >= 0.3 is 5.97 Å². The van der Waals surface area contributed by atoms with E-state index in [0.29, 0.717) is 0 Å². The van der Waals surface area contributed by atoms with Crippen LogP contribution in [0.4, 0.5) is 0 Å². The van der Waals surface area contributed by atoms with Crippen LogP contribution in [-0.2, 0) is 24.2 Å². The van der Waals surface area contributed by atoms with Crippen LogP contribution in [0.25, 0.3) is 0 Å². The minimum absolute atomic E-state index is 0.216. The van der Waals surface area contributed by atoms with Crippen molar-refractivity contribution in [1.82, 2.24) is 15.6 Å². The second-order valence-corrected chi connectivity index (χ2v) is 11.5. The predicted molar refractivity (Wildman–Crippen MR) is 122 cm³/mol. The van der Waals surface area contributed by atoms with E-state index in [-0.39, 0.29) is 12.0 Å². The molecule has 1 aromatic carbocycles. The van der Waals surface area contributed by atoms with Gasteiger partial charge in [0.1, 0.15) is 16.2 Å². The molecule has 2 aliphatic heterocycles. The number of hydrazone groups is 1. The molecular formula is C20H23ClN4O9S. The number of β-lactam (4-membered cyclic amide) rings is 1. The number of hydrogen-bond donors (Lipinski definition) is 5. The number of aromatic hydroxyl groups is 2. The van der Waals surface area contributed by atoms with Gasteiger partial charge < -0.3 is 25.5 Å². The van der Waals surface area contributed by atoms with Crippen LogP contribution in [0.15, 0.2) is 17.2 Å². The molecule has 2 saturated heterocycles. The lowest BCUT2D eigenvalue weighted by Gasteiger charge is -2.35. The van der Waals surface area contributed by atoms with Gasteiger partial charge in [0.2, 0.25) is 5.91 Å². The van der Waals surface area contributed by atoms with Crippen molar-refractivity contribution in [3.63, 3.8) is 0 Å². The number of amides is 3. The number of nitrogens with zero attached hydrogens (tertiary/aromatic N) is 2. The number of aliphatic carboxylic acids is 1. The lowest BCUT2D eigenvalue weighted by Crippen LogP contribution is -2.57. The zero-order valence-electron chi connectivity index (χ0n) is 18.7. The van der Waals surface area contributed by atoms with Gasteiger partial charge in [-0.25, -0.2) is 18.6 Å². The Bertz CT molecular complexity index is 1250. The number of halogens is 1. The highest BCUT2D eigenvalue weighted by Crippen LogP contribution is 2.45. The summed E-state index contributed by atoms with van der Waals surface area (Å²) in [5.41, 5.74) is 1.88. The molecule has 3 rings (SSSR count). The zero-order valence-corrected chi connectivity index (χ0v) is 20.3. The highest BCUT2D eigenvalue weighted by Gasteiger charge is 2.69. The maximum Gasteiger partial charge on any atom is 0.328 e. The molecule has 2 fully saturated rings. The molecule has 3 amide bonds. The molecule has 190 valence electrons. The summed E-state index contributed by atoms with van der Waals surface area (Å²) in [6.45, 7) is 4.30. The average molecular weight is 531 g/mol. The lowest BCUT2D eigenvalue weighted by molar-refractivity contribution is -0.156. The number of carboxylic acid groups (broad SMARTS) is 1. The van der Waals surface area contributed by atoms with E-state index in [1.807, 2.05) is 0 Å². The normalized spacial score (nSPS) is 25.7. The Morgan fingerprint density at radius 2 is 1.91 bits per heavy atom. The lowest BCUT2D eigenvalue weighted by atomic mass is 9.97. The molecule has 0 aromatic heterocycles. The fourth-order valence-corrected chi connectivity index (χ4v) is 6.44. The Morgan fingerprint density at radius 3 is 2.46 bits per heavy atom. The third kappa shape index (κ3) is 4.16. The van der Waals surface area contributed by atoms with E-state index in [1.54, 1.807) is 13.8 Å². The number of fused-ring (bicyclic) bond motifs is 1. The van der Waals surface area contributed by atoms with Gasteiger partial charge in [0.25, 0.3) is 11.8 Å². The number of sulfone groups is 1. The molecule has 1 unspecified atom stereocenters. The summed E-state index contributed by atoms with van der Waals surface area (Å²) in [5.74, 6) is -5.59. The van der Waals surface area contributed by atoms with Crippen LogP contribution in [0, 0.1) is 5.92 Å². The highest BCUT2D eigenvalue weighted by atomic mass is 35.5. The molecule has 4 atom stereocenters. The van der Waals surface area contributed by atoms with Crippen LogP contribution in [0.2, 0.25) is 5.02 Å². The summed E-state index contributed by atoms with van der Waals surface area (Å²) in [6.07, 6.45) is 0.428. The van der Waals surface area contributed by atoms with Gasteiger partial charge in [-0.3, -0.25) is 14.4 Å². The summed E-state index contributed by atoms with van der Waals surface area (Å²) in [5, 5.41) is 33.1. The smallest absolute Gasteiger partial charge is 0.328 e. The molecule has 2 aliphatic rings. The van der Waals surface area contributed by atoms with Gasteiger partial charge in [0.05, 0.1) is 17.0 Å². The van der Waals surface area contributed by atoms with E-state index in [9.17, 15) is 42.9 Å². The topological polar surface area (TPSA) is 203 Å². The van der Waals surface area contributed by atoms with Gasteiger partial charge in [-0.1, -0.05) is 25.4 Å². The highest BCUT2D eigenvalue weighted by molar-refractivity contribution is 7.94. The molecule has 0 spiro atoms. The number of phenols is 2. The van der Waals surface area contributed by atoms with Gasteiger partial charge in [0, 0.05) is 6.21 Å². The standard InChI is InChI=1S/C20H23ClN4O9S/c1-8(2)14(23-17(29)9-4-5-10(26)15(28)13(9)21)18(30)24-22-7-20(3)16(19(31)32)25-11(27)6-12(25)35(20,33)34/h4-5,7-8,12,14,16,26,28H,6H2,1-3H3,(H,23,29)(H,24,30)(H,31,32)/b22-7+/t12-,14?,16+,20+/m1/s1. The first-order chi connectivity index (χ1) is 16.1. The molecule has 35 heavy (non-hydrogen) atoms. The first-order valence-corrected chi connectivity index (χ1v) is 12.2. The first-order valence-electron chi connectivity index (χ1n) is 10.3. The molecule has 13 nitrogen and oxygen atoms in total. The quantitative estimate of drug-likeness (QED) is 0.137. The van der Waals surface area contributed by atoms with Crippen molar-refractivity contribution in [2.24, 2.45) is 11.0 Å². The number of carbonyl (C=O) groups excluding carboxylic acids is 3. The van der Waals surface area contributed by atoms with Crippen LogP contribution >= 0.6 is 11.6 Å². The van der Waals surface area contributed by atoms with Crippen LogP contribution in [0.3, 0.4) is 0 Å². The third-order valence-electron chi connectivity index (χ3n) is 6.04. The van der Waals surface area contributed by atoms with E-state index in [4.69, 9.17) is 11.6 Å². The minimum Gasteiger partial charge on any atom is -0.504 e. The van der Waals surface area contributed by atoms with E-state index in [2.05, 4.69) is 15.8 Å². The average Bonchev–Trinajstić information content (AvgIpc) is 2.90. The number of rotatable bonds is 7. The minimum atomic E-state index is -4.16. The van der Waals surface area contributed by atoms with Gasteiger partial charge in [-0.15, -0.1) is 0 Å². The second kappa shape index (κ2) is 9.00. The second-order valence-electron chi connectivity index (χ2n) is 8.65. The largest absolute Gasteiger partial charge is 0.504 e. The van der Waals surface area contributed by atoms with E-state index < -0.39 is 78.2 Å². The Kier molecular flexibility index (Phi) is 6.74. The van der Waals surface area contributed by atoms with Gasteiger partial charge in [-0.2, -0.15) is 5.10 Å². The van der Waals surface area contributed by atoms with Crippen LogP contribution in [0.5, 0.6) is 11.5 Å². The molecule has 0 saturated carbocycles. The molecule has 1 aromatic rings. The Hall–Kier alpha value is -3.39. The first kappa shape index (κ1) is 26.2. The van der Waals surface area contributed by atoms with E-state index >= 15 is 0 Å². The van der Waals surface area contributed by atoms with Crippen molar-refractivity contribution >= 4 is 51.3 Å². The van der Waals surface area contributed by atoms with Crippen molar-refractivity contribution in [3.05, 3.63) is 22.7 Å². The van der Waals surface area contributed by atoms with Gasteiger partial charge in [-0.05, 0) is 25.0 Å². The van der Waals surface area contributed by atoms with E-state index in [0.717, 1.165) is 30.2 Å². The third-order valence-corrected chi connectivity index (χ3v) is 9.09.